The van der Waals surface area contributed by atoms with Crippen LogP contribution in [0, 0.1) is 11.7 Å². The molecular formula is C15H20FN3. The van der Waals surface area contributed by atoms with E-state index in [9.17, 15) is 4.39 Å². The van der Waals surface area contributed by atoms with Crippen molar-refractivity contribution in [2.45, 2.75) is 38.1 Å². The number of halogens is 1. The molecule has 4 heteroatoms. The van der Waals surface area contributed by atoms with Gasteiger partial charge in [-0.05, 0) is 30.9 Å². The number of hydrogen-bond donors (Lipinski definition) is 1. The quantitative estimate of drug-likeness (QED) is 0.844. The number of anilines is 1. The number of aliphatic imine (C=N–C) groups is 1. The minimum absolute atomic E-state index is 0.107. The van der Waals surface area contributed by atoms with Crippen LogP contribution in [0.1, 0.15) is 32.6 Å². The first-order valence-corrected chi connectivity index (χ1v) is 6.97. The molecule has 1 aliphatic carbocycles. The summed E-state index contributed by atoms with van der Waals surface area (Å²) in [6, 6.07) is 6.84. The van der Waals surface area contributed by atoms with Gasteiger partial charge >= 0.3 is 0 Å². The second-order valence-corrected chi connectivity index (χ2v) is 5.89. The van der Waals surface area contributed by atoms with Crippen LogP contribution in [0.15, 0.2) is 29.3 Å². The summed E-state index contributed by atoms with van der Waals surface area (Å²) in [5.41, 5.74) is 6.50. The summed E-state index contributed by atoms with van der Waals surface area (Å²) in [5, 5.41) is 0. The molecule has 0 saturated heterocycles. The third kappa shape index (κ3) is 1.99. The lowest BCUT2D eigenvalue weighted by Crippen LogP contribution is -2.54. The van der Waals surface area contributed by atoms with Crippen LogP contribution in [0.3, 0.4) is 0 Å². The van der Waals surface area contributed by atoms with E-state index >= 15 is 0 Å². The molecule has 102 valence electrons. The van der Waals surface area contributed by atoms with E-state index in [0.717, 1.165) is 19.3 Å². The number of guanidine groups is 1. The number of benzene rings is 1. The van der Waals surface area contributed by atoms with Crippen molar-refractivity contribution in [2.75, 3.05) is 11.4 Å². The molecule has 1 aromatic rings. The van der Waals surface area contributed by atoms with E-state index in [0.29, 0.717) is 24.1 Å². The number of nitrogens with zero attached hydrogens (tertiary/aromatic N) is 2. The van der Waals surface area contributed by atoms with Crippen molar-refractivity contribution in [3.63, 3.8) is 0 Å². The fourth-order valence-electron chi connectivity index (χ4n) is 3.60. The smallest absolute Gasteiger partial charge is 0.196 e. The molecule has 1 spiro atoms. The van der Waals surface area contributed by atoms with E-state index in [1.165, 1.54) is 12.5 Å². The molecule has 1 fully saturated rings. The predicted molar refractivity (Wildman–Crippen MR) is 75.7 cm³/mol. The van der Waals surface area contributed by atoms with Crippen molar-refractivity contribution in [2.24, 2.45) is 16.6 Å². The zero-order valence-corrected chi connectivity index (χ0v) is 11.3. The molecule has 0 radical (unpaired) electrons. The van der Waals surface area contributed by atoms with Crippen LogP contribution in [0.2, 0.25) is 0 Å². The lowest BCUT2D eigenvalue weighted by molar-refractivity contribution is 0.252. The van der Waals surface area contributed by atoms with Gasteiger partial charge in [-0.15, -0.1) is 0 Å². The molecule has 2 aliphatic rings. The van der Waals surface area contributed by atoms with Crippen molar-refractivity contribution < 1.29 is 4.39 Å². The maximum absolute atomic E-state index is 14.1. The molecule has 1 heterocycles. The first-order chi connectivity index (χ1) is 9.12. The summed E-state index contributed by atoms with van der Waals surface area (Å²) >= 11 is 0. The van der Waals surface area contributed by atoms with Gasteiger partial charge in [-0.25, -0.2) is 4.39 Å². The Labute approximate surface area is 113 Å². The Kier molecular flexibility index (Phi) is 2.96. The van der Waals surface area contributed by atoms with E-state index < -0.39 is 0 Å². The fraction of sp³-hybridized carbons (Fsp3) is 0.533. The average molecular weight is 261 g/mol. The number of para-hydroxylation sites is 1. The third-order valence-electron chi connectivity index (χ3n) is 4.40. The zero-order valence-electron chi connectivity index (χ0n) is 11.3. The van der Waals surface area contributed by atoms with Crippen LogP contribution in [-0.4, -0.2) is 18.0 Å². The van der Waals surface area contributed by atoms with Crippen molar-refractivity contribution >= 4 is 11.6 Å². The molecule has 0 amide bonds. The second kappa shape index (κ2) is 4.51. The van der Waals surface area contributed by atoms with Crippen molar-refractivity contribution in [3.8, 4) is 0 Å². The van der Waals surface area contributed by atoms with Gasteiger partial charge in [-0.2, -0.15) is 0 Å². The van der Waals surface area contributed by atoms with Crippen LogP contribution in [0.25, 0.3) is 0 Å². The molecule has 0 bridgehead atoms. The monoisotopic (exact) mass is 261 g/mol. The first kappa shape index (κ1) is 12.5. The molecule has 2 atom stereocenters. The van der Waals surface area contributed by atoms with Gasteiger partial charge in [0.1, 0.15) is 5.82 Å². The van der Waals surface area contributed by atoms with Gasteiger partial charge < -0.3 is 10.6 Å². The molecule has 2 unspecified atom stereocenters. The van der Waals surface area contributed by atoms with Gasteiger partial charge in [0.15, 0.2) is 5.96 Å². The fourth-order valence-corrected chi connectivity index (χ4v) is 3.60. The highest BCUT2D eigenvalue weighted by Crippen LogP contribution is 2.42. The summed E-state index contributed by atoms with van der Waals surface area (Å²) in [4.78, 5) is 6.34. The van der Waals surface area contributed by atoms with E-state index in [1.54, 1.807) is 12.1 Å². The van der Waals surface area contributed by atoms with Gasteiger partial charge in [0.2, 0.25) is 0 Å². The molecular weight excluding hydrogens is 241 g/mol. The minimum atomic E-state index is -0.222. The van der Waals surface area contributed by atoms with E-state index in [4.69, 9.17) is 5.73 Å². The predicted octanol–water partition coefficient (Wildman–Crippen LogP) is 2.91. The SMILES string of the molecule is CC1CCCC2(CN=C(N)N2c2ccccc2F)C1. The van der Waals surface area contributed by atoms with Crippen molar-refractivity contribution in [3.05, 3.63) is 30.1 Å². The Morgan fingerprint density at radius 3 is 2.95 bits per heavy atom. The van der Waals surface area contributed by atoms with E-state index in [-0.39, 0.29) is 11.4 Å². The molecule has 1 aromatic carbocycles. The average Bonchev–Trinajstić information content (AvgIpc) is 2.67. The first-order valence-electron chi connectivity index (χ1n) is 6.97. The van der Waals surface area contributed by atoms with Crippen molar-refractivity contribution in [1.82, 2.24) is 0 Å². The summed E-state index contributed by atoms with van der Waals surface area (Å²) in [6.45, 7) is 2.95. The van der Waals surface area contributed by atoms with Gasteiger partial charge in [0, 0.05) is 0 Å². The van der Waals surface area contributed by atoms with Crippen LogP contribution >= 0.6 is 0 Å². The molecule has 1 aliphatic heterocycles. The standard InChI is InChI=1S/C15H20FN3/c1-11-5-4-8-15(9-11)10-18-14(17)19(15)13-7-3-2-6-12(13)16/h2-3,6-7,11H,4-5,8-10H2,1H3,(H2,17,18). The molecule has 0 aromatic heterocycles. The van der Waals surface area contributed by atoms with Gasteiger partial charge in [-0.1, -0.05) is 31.9 Å². The zero-order chi connectivity index (χ0) is 13.5. The van der Waals surface area contributed by atoms with Crippen LogP contribution in [0.4, 0.5) is 10.1 Å². The highest BCUT2D eigenvalue weighted by Gasteiger charge is 2.46. The topological polar surface area (TPSA) is 41.6 Å². The number of hydrogen-bond acceptors (Lipinski definition) is 3. The largest absolute Gasteiger partial charge is 0.369 e. The minimum Gasteiger partial charge on any atom is -0.369 e. The van der Waals surface area contributed by atoms with E-state index in [2.05, 4.69) is 11.9 Å². The normalized spacial score (nSPS) is 30.7. The lowest BCUT2D eigenvalue weighted by atomic mass is 9.75. The Morgan fingerprint density at radius 2 is 2.21 bits per heavy atom. The third-order valence-corrected chi connectivity index (χ3v) is 4.40. The Bertz CT molecular complexity index is 514. The maximum Gasteiger partial charge on any atom is 0.196 e. The molecule has 3 rings (SSSR count). The number of nitrogens with two attached hydrogens (primary N) is 1. The summed E-state index contributed by atoms with van der Waals surface area (Å²) in [5.74, 6) is 0.878. The van der Waals surface area contributed by atoms with Gasteiger partial charge in [0.05, 0.1) is 17.8 Å². The summed E-state index contributed by atoms with van der Waals surface area (Å²) < 4.78 is 14.1. The van der Waals surface area contributed by atoms with Crippen LogP contribution < -0.4 is 10.6 Å². The highest BCUT2D eigenvalue weighted by atomic mass is 19.1. The van der Waals surface area contributed by atoms with Crippen LogP contribution in [0.5, 0.6) is 0 Å². The molecule has 3 nitrogen and oxygen atoms in total. The summed E-state index contributed by atoms with van der Waals surface area (Å²) in [7, 11) is 0. The summed E-state index contributed by atoms with van der Waals surface area (Å²) in [6.07, 6.45) is 4.48. The number of rotatable bonds is 1. The maximum atomic E-state index is 14.1. The second-order valence-electron chi connectivity index (χ2n) is 5.89. The highest BCUT2D eigenvalue weighted by molar-refractivity contribution is 5.98. The Balaban J connectivity index is 2.01. The Morgan fingerprint density at radius 1 is 1.42 bits per heavy atom. The van der Waals surface area contributed by atoms with Gasteiger partial charge in [-0.3, -0.25) is 4.99 Å². The molecule has 2 N–H and O–H groups in total. The van der Waals surface area contributed by atoms with Gasteiger partial charge in [0.25, 0.3) is 0 Å². The molecule has 19 heavy (non-hydrogen) atoms. The Hall–Kier alpha value is -1.58. The van der Waals surface area contributed by atoms with Crippen molar-refractivity contribution in [1.29, 1.82) is 0 Å². The lowest BCUT2D eigenvalue weighted by Gasteiger charge is -2.44. The molecule has 1 saturated carbocycles. The van der Waals surface area contributed by atoms with E-state index in [1.807, 2.05) is 11.0 Å². The van der Waals surface area contributed by atoms with Crippen LogP contribution in [-0.2, 0) is 0 Å².